The van der Waals surface area contributed by atoms with Crippen molar-refractivity contribution in [1.82, 2.24) is 4.90 Å². The van der Waals surface area contributed by atoms with Crippen molar-refractivity contribution in [2.45, 2.75) is 19.3 Å². The Morgan fingerprint density at radius 1 is 1.25 bits per heavy atom. The highest BCUT2D eigenvalue weighted by atomic mass is 79.9. The summed E-state index contributed by atoms with van der Waals surface area (Å²) < 4.78 is 5.67. The van der Waals surface area contributed by atoms with Gasteiger partial charge in [0, 0.05) is 29.5 Å². The molecular formula is C15H18BrNO3. The lowest BCUT2D eigenvalue weighted by Crippen LogP contribution is -2.38. The second-order valence-electron chi connectivity index (χ2n) is 5.03. The quantitative estimate of drug-likeness (QED) is 0.791. The van der Waals surface area contributed by atoms with Crippen molar-refractivity contribution in [3.8, 4) is 0 Å². The highest BCUT2D eigenvalue weighted by Crippen LogP contribution is 2.23. The summed E-state index contributed by atoms with van der Waals surface area (Å²) in [5.74, 6) is 0.529. The van der Waals surface area contributed by atoms with Crippen LogP contribution in [-0.4, -0.2) is 37.0 Å². The Balaban J connectivity index is 1.85. The van der Waals surface area contributed by atoms with E-state index < -0.39 is 0 Å². The fourth-order valence-electron chi connectivity index (χ4n) is 2.46. The summed E-state index contributed by atoms with van der Waals surface area (Å²) in [6.45, 7) is 1.34. The van der Waals surface area contributed by atoms with Crippen LogP contribution < -0.4 is 0 Å². The lowest BCUT2D eigenvalue weighted by Gasteiger charge is -2.30. The molecule has 2 rings (SSSR count). The molecule has 0 unspecified atom stereocenters. The molecule has 108 valence electrons. The van der Waals surface area contributed by atoms with Crippen molar-refractivity contribution < 1.29 is 14.3 Å². The number of piperidine rings is 1. The average Bonchev–Trinajstić information content (AvgIpc) is 2.48. The first-order chi connectivity index (χ1) is 9.60. The number of nitrogens with zero attached hydrogens (tertiary/aromatic N) is 1. The van der Waals surface area contributed by atoms with E-state index in [4.69, 9.17) is 4.74 Å². The maximum atomic E-state index is 12.2. The molecule has 0 aromatic heterocycles. The minimum absolute atomic E-state index is 0.175. The number of carbonyl (C=O) groups excluding carboxylic acids is 2. The summed E-state index contributed by atoms with van der Waals surface area (Å²) in [6.07, 6.45) is 1.99. The molecule has 1 aliphatic rings. The average molecular weight is 340 g/mol. The molecule has 0 bridgehead atoms. The smallest absolute Gasteiger partial charge is 0.409 e. The minimum atomic E-state index is -0.275. The van der Waals surface area contributed by atoms with Gasteiger partial charge in [0.25, 0.3) is 0 Å². The number of amides is 1. The SMILES string of the molecule is COC(=O)N1CCC(CC(=O)c2ccc(Br)cc2)CC1. The molecule has 1 heterocycles. The van der Waals surface area contributed by atoms with E-state index >= 15 is 0 Å². The van der Waals surface area contributed by atoms with E-state index in [-0.39, 0.29) is 11.9 Å². The summed E-state index contributed by atoms with van der Waals surface area (Å²) in [6, 6.07) is 7.45. The molecule has 1 amide bonds. The van der Waals surface area contributed by atoms with Crippen LogP contribution in [0.3, 0.4) is 0 Å². The predicted molar refractivity (Wildman–Crippen MR) is 79.8 cm³/mol. The highest BCUT2D eigenvalue weighted by molar-refractivity contribution is 9.10. The maximum Gasteiger partial charge on any atom is 0.409 e. The van der Waals surface area contributed by atoms with Crippen LogP contribution in [0.15, 0.2) is 28.7 Å². The van der Waals surface area contributed by atoms with E-state index in [1.807, 2.05) is 24.3 Å². The molecule has 1 fully saturated rings. The van der Waals surface area contributed by atoms with Gasteiger partial charge in [-0.2, -0.15) is 0 Å². The predicted octanol–water partition coefficient (Wildman–Crippen LogP) is 3.50. The molecule has 1 aliphatic heterocycles. The zero-order valence-corrected chi connectivity index (χ0v) is 13.1. The Labute approximate surface area is 127 Å². The van der Waals surface area contributed by atoms with Crippen LogP contribution in [-0.2, 0) is 4.74 Å². The molecule has 0 N–H and O–H groups in total. The van der Waals surface area contributed by atoms with Crippen LogP contribution in [0.4, 0.5) is 4.79 Å². The van der Waals surface area contributed by atoms with Crippen molar-refractivity contribution in [2.24, 2.45) is 5.92 Å². The topological polar surface area (TPSA) is 46.6 Å². The summed E-state index contributed by atoms with van der Waals surface area (Å²) in [4.78, 5) is 25.3. The van der Waals surface area contributed by atoms with Gasteiger partial charge in [0.15, 0.2) is 5.78 Å². The highest BCUT2D eigenvalue weighted by Gasteiger charge is 2.24. The normalized spacial score (nSPS) is 16.0. The molecule has 20 heavy (non-hydrogen) atoms. The number of likely N-dealkylation sites (tertiary alicyclic amines) is 1. The number of ether oxygens (including phenoxy) is 1. The van der Waals surface area contributed by atoms with E-state index in [0.29, 0.717) is 25.4 Å². The van der Waals surface area contributed by atoms with Crippen LogP contribution in [0.2, 0.25) is 0 Å². The summed E-state index contributed by atoms with van der Waals surface area (Å²) >= 11 is 3.36. The Kier molecular flexibility index (Phi) is 5.17. The molecular weight excluding hydrogens is 322 g/mol. The molecule has 5 heteroatoms. The summed E-state index contributed by atoms with van der Waals surface area (Å²) in [7, 11) is 1.39. The van der Waals surface area contributed by atoms with Gasteiger partial charge in [0.2, 0.25) is 0 Å². The van der Waals surface area contributed by atoms with Crippen molar-refractivity contribution in [3.63, 3.8) is 0 Å². The Morgan fingerprint density at radius 2 is 1.85 bits per heavy atom. The number of halogens is 1. The first-order valence-corrected chi connectivity index (χ1v) is 7.51. The second-order valence-corrected chi connectivity index (χ2v) is 5.95. The van der Waals surface area contributed by atoms with Gasteiger partial charge in [-0.1, -0.05) is 28.1 Å². The van der Waals surface area contributed by atoms with Crippen LogP contribution in [0.5, 0.6) is 0 Å². The Hall–Kier alpha value is -1.36. The molecule has 0 spiro atoms. The van der Waals surface area contributed by atoms with Crippen LogP contribution in [0, 0.1) is 5.92 Å². The van der Waals surface area contributed by atoms with E-state index in [0.717, 1.165) is 22.9 Å². The van der Waals surface area contributed by atoms with Gasteiger partial charge in [-0.15, -0.1) is 0 Å². The van der Waals surface area contributed by atoms with Crippen molar-refractivity contribution in [3.05, 3.63) is 34.3 Å². The summed E-state index contributed by atoms with van der Waals surface area (Å²) in [5, 5.41) is 0. The molecule has 1 saturated heterocycles. The van der Waals surface area contributed by atoms with E-state index in [9.17, 15) is 9.59 Å². The van der Waals surface area contributed by atoms with Crippen LogP contribution in [0.1, 0.15) is 29.6 Å². The molecule has 1 aromatic carbocycles. The number of ketones is 1. The number of benzene rings is 1. The van der Waals surface area contributed by atoms with Gasteiger partial charge in [0.05, 0.1) is 7.11 Å². The number of methoxy groups -OCH3 is 1. The van der Waals surface area contributed by atoms with Gasteiger partial charge in [-0.25, -0.2) is 4.79 Å². The standard InChI is InChI=1S/C15H18BrNO3/c1-20-15(19)17-8-6-11(7-9-17)10-14(18)12-2-4-13(16)5-3-12/h2-5,11H,6-10H2,1H3. The summed E-state index contributed by atoms with van der Waals surface area (Å²) in [5.41, 5.74) is 0.753. The first kappa shape index (κ1) is 15.0. The van der Waals surface area contributed by atoms with Gasteiger partial charge < -0.3 is 9.64 Å². The Morgan fingerprint density at radius 3 is 2.40 bits per heavy atom. The number of rotatable bonds is 3. The third-order valence-electron chi connectivity index (χ3n) is 3.69. The molecule has 0 saturated carbocycles. The number of Topliss-reactive ketones (excluding diaryl/α,β-unsaturated/α-hetero) is 1. The number of hydrogen-bond donors (Lipinski definition) is 0. The number of hydrogen-bond acceptors (Lipinski definition) is 3. The third kappa shape index (κ3) is 3.82. The van der Waals surface area contributed by atoms with Crippen molar-refractivity contribution in [2.75, 3.05) is 20.2 Å². The van der Waals surface area contributed by atoms with Crippen LogP contribution in [0.25, 0.3) is 0 Å². The van der Waals surface area contributed by atoms with Gasteiger partial charge in [0.1, 0.15) is 0 Å². The molecule has 4 nitrogen and oxygen atoms in total. The van der Waals surface area contributed by atoms with Gasteiger partial charge in [-0.05, 0) is 30.9 Å². The fraction of sp³-hybridized carbons (Fsp3) is 0.467. The van der Waals surface area contributed by atoms with Crippen LogP contribution >= 0.6 is 15.9 Å². The third-order valence-corrected chi connectivity index (χ3v) is 4.22. The first-order valence-electron chi connectivity index (χ1n) is 6.72. The fourth-order valence-corrected chi connectivity index (χ4v) is 2.73. The number of carbonyl (C=O) groups is 2. The second kappa shape index (κ2) is 6.88. The zero-order chi connectivity index (χ0) is 14.5. The molecule has 0 radical (unpaired) electrons. The minimum Gasteiger partial charge on any atom is -0.453 e. The van der Waals surface area contributed by atoms with Gasteiger partial charge in [-0.3, -0.25) is 4.79 Å². The van der Waals surface area contributed by atoms with Gasteiger partial charge >= 0.3 is 6.09 Å². The lowest BCUT2D eigenvalue weighted by molar-refractivity contribution is 0.0896. The van der Waals surface area contributed by atoms with Crippen molar-refractivity contribution >= 4 is 27.8 Å². The monoisotopic (exact) mass is 339 g/mol. The van der Waals surface area contributed by atoms with E-state index in [1.165, 1.54) is 7.11 Å². The van der Waals surface area contributed by atoms with E-state index in [2.05, 4.69) is 15.9 Å². The Bertz CT molecular complexity index is 478. The molecule has 1 aromatic rings. The lowest BCUT2D eigenvalue weighted by atomic mass is 9.90. The molecule has 0 atom stereocenters. The molecule has 0 aliphatic carbocycles. The maximum absolute atomic E-state index is 12.2. The largest absolute Gasteiger partial charge is 0.453 e. The van der Waals surface area contributed by atoms with Crippen molar-refractivity contribution in [1.29, 1.82) is 0 Å². The van der Waals surface area contributed by atoms with E-state index in [1.54, 1.807) is 4.90 Å². The zero-order valence-electron chi connectivity index (χ0n) is 11.5.